The van der Waals surface area contributed by atoms with Crippen molar-refractivity contribution in [2.75, 3.05) is 6.54 Å². The summed E-state index contributed by atoms with van der Waals surface area (Å²) in [4.78, 5) is 16.0. The van der Waals surface area contributed by atoms with Crippen molar-refractivity contribution in [1.29, 1.82) is 0 Å². The summed E-state index contributed by atoms with van der Waals surface area (Å²) in [5.41, 5.74) is 7.02. The van der Waals surface area contributed by atoms with Gasteiger partial charge in [-0.15, -0.1) is 0 Å². The molecule has 0 radical (unpaired) electrons. The Morgan fingerprint density at radius 1 is 1.50 bits per heavy atom. The fourth-order valence-corrected chi connectivity index (χ4v) is 1.54. The quantitative estimate of drug-likeness (QED) is 0.809. The zero-order valence-corrected chi connectivity index (χ0v) is 9.05. The number of benzene rings is 1. The molecule has 2 aromatic rings. The van der Waals surface area contributed by atoms with Crippen LogP contribution in [0.3, 0.4) is 0 Å². The molecule has 0 aliphatic heterocycles. The molecule has 4 heteroatoms. The monoisotopic (exact) mass is 215 g/mol. The molecule has 1 aromatic heterocycles. The van der Waals surface area contributed by atoms with Crippen molar-refractivity contribution in [3.63, 3.8) is 0 Å². The second kappa shape index (κ2) is 4.28. The zero-order valence-electron chi connectivity index (χ0n) is 9.05. The Balaban J connectivity index is 2.64. The summed E-state index contributed by atoms with van der Waals surface area (Å²) in [5, 5.41) is 0.629. The van der Waals surface area contributed by atoms with Crippen LogP contribution in [0.25, 0.3) is 17.0 Å². The fourth-order valence-electron chi connectivity index (χ4n) is 1.54. The maximum atomic E-state index is 11.8. The SMILES string of the molecule is Cn1cnc2ccc(C=CCN)cc2c1=O. The van der Waals surface area contributed by atoms with Crippen molar-refractivity contribution in [3.05, 3.63) is 46.5 Å². The van der Waals surface area contributed by atoms with Crippen LogP contribution >= 0.6 is 0 Å². The summed E-state index contributed by atoms with van der Waals surface area (Å²) >= 11 is 0. The van der Waals surface area contributed by atoms with Crippen molar-refractivity contribution in [1.82, 2.24) is 9.55 Å². The van der Waals surface area contributed by atoms with Gasteiger partial charge < -0.3 is 10.3 Å². The van der Waals surface area contributed by atoms with E-state index < -0.39 is 0 Å². The van der Waals surface area contributed by atoms with Gasteiger partial charge in [0.1, 0.15) is 0 Å². The van der Waals surface area contributed by atoms with Gasteiger partial charge in [0.15, 0.2) is 0 Å². The highest BCUT2D eigenvalue weighted by Gasteiger charge is 2.01. The third-order valence-corrected chi connectivity index (χ3v) is 2.39. The van der Waals surface area contributed by atoms with Crippen LogP contribution in [0.15, 0.2) is 35.4 Å². The number of hydrogen-bond acceptors (Lipinski definition) is 3. The van der Waals surface area contributed by atoms with Crippen molar-refractivity contribution < 1.29 is 0 Å². The number of rotatable bonds is 2. The first-order valence-electron chi connectivity index (χ1n) is 5.04. The predicted molar refractivity (Wildman–Crippen MR) is 65.1 cm³/mol. The molecule has 82 valence electrons. The molecule has 0 unspecified atom stereocenters. The van der Waals surface area contributed by atoms with Crippen LogP contribution in [-0.2, 0) is 7.05 Å². The molecule has 4 nitrogen and oxygen atoms in total. The summed E-state index contributed by atoms with van der Waals surface area (Å²) in [5.74, 6) is 0. The van der Waals surface area contributed by atoms with Gasteiger partial charge >= 0.3 is 0 Å². The van der Waals surface area contributed by atoms with Crippen LogP contribution in [0.4, 0.5) is 0 Å². The van der Waals surface area contributed by atoms with Crippen LogP contribution in [0.2, 0.25) is 0 Å². The highest BCUT2D eigenvalue weighted by Crippen LogP contribution is 2.10. The molecule has 1 aromatic carbocycles. The van der Waals surface area contributed by atoms with Gasteiger partial charge in [-0.2, -0.15) is 0 Å². The number of nitrogens with zero attached hydrogens (tertiary/aromatic N) is 2. The number of hydrogen-bond donors (Lipinski definition) is 1. The third-order valence-electron chi connectivity index (χ3n) is 2.39. The van der Waals surface area contributed by atoms with E-state index in [0.29, 0.717) is 17.4 Å². The van der Waals surface area contributed by atoms with Crippen LogP contribution in [-0.4, -0.2) is 16.1 Å². The molecule has 0 saturated carbocycles. The van der Waals surface area contributed by atoms with E-state index >= 15 is 0 Å². The molecule has 0 aliphatic carbocycles. The Morgan fingerprint density at radius 2 is 2.31 bits per heavy atom. The molecule has 0 atom stereocenters. The number of nitrogens with two attached hydrogens (primary N) is 1. The zero-order chi connectivity index (χ0) is 11.5. The van der Waals surface area contributed by atoms with Gasteiger partial charge in [-0.3, -0.25) is 4.79 Å². The Labute approximate surface area is 93.0 Å². The van der Waals surface area contributed by atoms with Crippen LogP contribution in [0, 0.1) is 0 Å². The van der Waals surface area contributed by atoms with Crippen LogP contribution in [0.5, 0.6) is 0 Å². The fraction of sp³-hybridized carbons (Fsp3) is 0.167. The average molecular weight is 215 g/mol. The second-order valence-electron chi connectivity index (χ2n) is 3.58. The number of aryl methyl sites for hydroxylation is 1. The number of fused-ring (bicyclic) bond motifs is 1. The molecule has 0 fully saturated rings. The topological polar surface area (TPSA) is 60.9 Å². The first-order chi connectivity index (χ1) is 7.72. The molecule has 0 bridgehead atoms. The molecule has 16 heavy (non-hydrogen) atoms. The first kappa shape index (κ1) is 10.6. The van der Waals surface area contributed by atoms with Gasteiger partial charge in [-0.25, -0.2) is 4.98 Å². The van der Waals surface area contributed by atoms with E-state index in [1.54, 1.807) is 7.05 Å². The second-order valence-corrected chi connectivity index (χ2v) is 3.58. The molecular weight excluding hydrogens is 202 g/mol. The maximum Gasteiger partial charge on any atom is 0.260 e. The van der Waals surface area contributed by atoms with E-state index in [-0.39, 0.29) is 5.56 Å². The Hall–Kier alpha value is -1.94. The van der Waals surface area contributed by atoms with Gasteiger partial charge in [0.05, 0.1) is 17.2 Å². The lowest BCUT2D eigenvalue weighted by atomic mass is 10.1. The van der Waals surface area contributed by atoms with E-state index in [4.69, 9.17) is 5.73 Å². The minimum atomic E-state index is -0.0343. The molecular formula is C12H13N3O. The molecule has 1 heterocycles. The van der Waals surface area contributed by atoms with E-state index in [1.165, 1.54) is 10.9 Å². The molecule has 2 N–H and O–H groups in total. The molecule has 0 aliphatic rings. The Kier molecular flexibility index (Phi) is 2.83. The summed E-state index contributed by atoms with van der Waals surface area (Å²) in [7, 11) is 1.69. The van der Waals surface area contributed by atoms with Crippen molar-refractivity contribution in [2.24, 2.45) is 12.8 Å². The average Bonchev–Trinajstić information content (AvgIpc) is 2.31. The predicted octanol–water partition coefficient (Wildman–Crippen LogP) is 0.905. The lowest BCUT2D eigenvalue weighted by Crippen LogP contribution is -2.16. The van der Waals surface area contributed by atoms with Gasteiger partial charge in [-0.05, 0) is 17.7 Å². The first-order valence-corrected chi connectivity index (χ1v) is 5.04. The van der Waals surface area contributed by atoms with E-state index in [0.717, 1.165) is 5.56 Å². The van der Waals surface area contributed by atoms with Gasteiger partial charge in [0.2, 0.25) is 0 Å². The summed E-state index contributed by atoms with van der Waals surface area (Å²) in [6.07, 6.45) is 5.27. The van der Waals surface area contributed by atoms with Gasteiger partial charge in [-0.1, -0.05) is 18.2 Å². The highest BCUT2D eigenvalue weighted by molar-refractivity contribution is 5.80. The van der Waals surface area contributed by atoms with Gasteiger partial charge in [0.25, 0.3) is 5.56 Å². The molecule has 0 amide bonds. The highest BCUT2D eigenvalue weighted by atomic mass is 16.1. The minimum Gasteiger partial charge on any atom is -0.327 e. The van der Waals surface area contributed by atoms with Crippen molar-refractivity contribution in [2.45, 2.75) is 0 Å². The molecule has 0 saturated heterocycles. The largest absolute Gasteiger partial charge is 0.327 e. The number of aromatic nitrogens is 2. The Morgan fingerprint density at radius 3 is 3.06 bits per heavy atom. The van der Waals surface area contributed by atoms with Gasteiger partial charge in [0, 0.05) is 13.6 Å². The Bertz CT molecular complexity index is 599. The van der Waals surface area contributed by atoms with Crippen LogP contribution < -0.4 is 11.3 Å². The molecule has 2 rings (SSSR count). The van der Waals surface area contributed by atoms with E-state index in [9.17, 15) is 4.79 Å². The summed E-state index contributed by atoms with van der Waals surface area (Å²) in [6.45, 7) is 0.489. The molecule has 0 spiro atoms. The van der Waals surface area contributed by atoms with Crippen molar-refractivity contribution >= 4 is 17.0 Å². The smallest absolute Gasteiger partial charge is 0.260 e. The third kappa shape index (κ3) is 1.87. The van der Waals surface area contributed by atoms with E-state index in [2.05, 4.69) is 4.98 Å². The lowest BCUT2D eigenvalue weighted by molar-refractivity contribution is 0.843. The normalized spacial score (nSPS) is 11.4. The van der Waals surface area contributed by atoms with Crippen molar-refractivity contribution in [3.8, 4) is 0 Å². The lowest BCUT2D eigenvalue weighted by Gasteiger charge is -2.01. The standard InChI is InChI=1S/C12H13N3O/c1-15-8-14-11-5-4-9(3-2-6-13)7-10(11)12(15)16/h2-5,7-8H,6,13H2,1H3. The van der Waals surface area contributed by atoms with Crippen LogP contribution in [0.1, 0.15) is 5.56 Å². The van der Waals surface area contributed by atoms with E-state index in [1.807, 2.05) is 30.4 Å². The summed E-state index contributed by atoms with van der Waals surface area (Å²) < 4.78 is 1.47. The minimum absolute atomic E-state index is 0.0343. The maximum absolute atomic E-state index is 11.8. The summed E-state index contributed by atoms with van der Waals surface area (Å²) in [6, 6.07) is 5.59.